The molecule has 1 fully saturated rings. The molecule has 184 valence electrons. The highest BCUT2D eigenvalue weighted by Gasteiger charge is 2.30. The number of unbranched alkanes of at least 4 members (excludes halogenated alkanes) is 3. The van der Waals surface area contributed by atoms with Crippen molar-refractivity contribution in [1.82, 2.24) is 4.90 Å². The van der Waals surface area contributed by atoms with Gasteiger partial charge >= 0.3 is 5.97 Å². The van der Waals surface area contributed by atoms with E-state index in [9.17, 15) is 14.7 Å². The zero-order valence-corrected chi connectivity index (χ0v) is 20.6. The van der Waals surface area contributed by atoms with Crippen molar-refractivity contribution in [3.63, 3.8) is 0 Å². The molecule has 1 saturated heterocycles. The predicted molar refractivity (Wildman–Crippen MR) is 133 cm³/mol. The Bertz CT molecular complexity index is 718. The molecular formula is C28H43NO4. The van der Waals surface area contributed by atoms with Crippen LogP contribution in [0, 0.1) is 5.92 Å². The normalized spacial score (nSPS) is 18.1. The number of likely N-dealkylation sites (tertiary alicyclic amines) is 1. The average molecular weight is 458 g/mol. The molecule has 5 nitrogen and oxygen atoms in total. The van der Waals surface area contributed by atoms with Gasteiger partial charge in [-0.05, 0) is 62.8 Å². The third kappa shape index (κ3) is 10.6. The van der Waals surface area contributed by atoms with Crippen molar-refractivity contribution < 1.29 is 19.4 Å². The van der Waals surface area contributed by atoms with E-state index in [-0.39, 0.29) is 24.0 Å². The van der Waals surface area contributed by atoms with Gasteiger partial charge in [0, 0.05) is 25.4 Å². The molecule has 1 N–H and O–H groups in total. The van der Waals surface area contributed by atoms with E-state index in [1.165, 1.54) is 25.5 Å². The largest absolute Gasteiger partial charge is 0.469 e. The molecule has 1 heterocycles. The van der Waals surface area contributed by atoms with Crippen LogP contribution in [-0.2, 0) is 20.7 Å². The van der Waals surface area contributed by atoms with Crippen molar-refractivity contribution in [2.24, 2.45) is 5.92 Å². The second-order valence-corrected chi connectivity index (χ2v) is 9.39. The molecule has 1 aromatic rings. The van der Waals surface area contributed by atoms with Gasteiger partial charge in [0.15, 0.2) is 0 Å². The summed E-state index contributed by atoms with van der Waals surface area (Å²) in [5.74, 6) is 0.320. The second kappa shape index (κ2) is 15.7. The minimum absolute atomic E-state index is 0.182. The molecule has 5 heteroatoms. The molecule has 0 radical (unpaired) electrons. The summed E-state index contributed by atoms with van der Waals surface area (Å²) in [5.41, 5.74) is 1.40. The summed E-state index contributed by atoms with van der Waals surface area (Å²) in [6.07, 6.45) is 14.6. The van der Waals surface area contributed by atoms with Crippen LogP contribution in [0.25, 0.3) is 0 Å². The lowest BCUT2D eigenvalue weighted by Crippen LogP contribution is -2.34. The number of rotatable bonds is 16. The zero-order valence-electron chi connectivity index (χ0n) is 20.6. The minimum atomic E-state index is -0.300. The summed E-state index contributed by atoms with van der Waals surface area (Å²) in [6.45, 7) is 2.77. The maximum absolute atomic E-state index is 12.3. The SMILES string of the molecule is COC(=O)CCC/C=C/CN1C(=O)CC[C@@H]1CC[C@@H](O)[C@@H](C)CCCCCc1ccccc1. The summed E-state index contributed by atoms with van der Waals surface area (Å²) in [4.78, 5) is 25.4. The number of hydrogen-bond donors (Lipinski definition) is 1. The lowest BCUT2D eigenvalue weighted by atomic mass is 9.92. The lowest BCUT2D eigenvalue weighted by Gasteiger charge is -2.26. The molecule has 1 aliphatic rings. The highest BCUT2D eigenvalue weighted by molar-refractivity contribution is 5.78. The molecule has 0 spiro atoms. The first-order chi connectivity index (χ1) is 16.0. The van der Waals surface area contributed by atoms with E-state index in [4.69, 9.17) is 0 Å². The van der Waals surface area contributed by atoms with E-state index >= 15 is 0 Å². The minimum Gasteiger partial charge on any atom is -0.469 e. The number of hydrogen-bond acceptors (Lipinski definition) is 4. The van der Waals surface area contributed by atoms with E-state index in [1.807, 2.05) is 17.1 Å². The highest BCUT2D eigenvalue weighted by atomic mass is 16.5. The molecule has 2 rings (SSSR count). The second-order valence-electron chi connectivity index (χ2n) is 9.39. The van der Waals surface area contributed by atoms with Gasteiger partial charge in [0.05, 0.1) is 13.2 Å². The molecule has 0 aromatic heterocycles. The molecule has 0 aliphatic carbocycles. The van der Waals surface area contributed by atoms with Gasteiger partial charge in [-0.15, -0.1) is 0 Å². The number of aryl methyl sites for hydroxylation is 1. The topological polar surface area (TPSA) is 66.8 Å². The first kappa shape index (κ1) is 27.1. The predicted octanol–water partition coefficient (Wildman–Crippen LogP) is 5.46. The number of esters is 1. The Kier molecular flexibility index (Phi) is 12.9. The van der Waals surface area contributed by atoms with Gasteiger partial charge in [-0.2, -0.15) is 0 Å². The Morgan fingerprint density at radius 1 is 1.15 bits per heavy atom. The van der Waals surface area contributed by atoms with Crippen LogP contribution in [0.3, 0.4) is 0 Å². The quantitative estimate of drug-likeness (QED) is 0.203. The number of aliphatic hydroxyl groups is 1. The fourth-order valence-corrected chi connectivity index (χ4v) is 4.57. The number of ether oxygens (including phenoxy) is 1. The molecule has 1 aliphatic heterocycles. The van der Waals surface area contributed by atoms with Gasteiger partial charge < -0.3 is 14.7 Å². The van der Waals surface area contributed by atoms with Crippen molar-refractivity contribution in [3.05, 3.63) is 48.0 Å². The average Bonchev–Trinajstić information content (AvgIpc) is 3.18. The number of amides is 1. The fraction of sp³-hybridized carbons (Fsp3) is 0.643. The third-order valence-electron chi connectivity index (χ3n) is 6.82. The van der Waals surface area contributed by atoms with Crippen molar-refractivity contribution in [2.75, 3.05) is 13.7 Å². The van der Waals surface area contributed by atoms with Crippen molar-refractivity contribution in [1.29, 1.82) is 0 Å². The Hall–Kier alpha value is -2.14. The first-order valence-electron chi connectivity index (χ1n) is 12.7. The van der Waals surface area contributed by atoms with Gasteiger partial charge in [0.2, 0.25) is 5.91 Å². The van der Waals surface area contributed by atoms with E-state index in [1.54, 1.807) is 0 Å². The smallest absolute Gasteiger partial charge is 0.305 e. The molecule has 1 amide bonds. The number of methoxy groups -OCH3 is 1. The molecule has 3 atom stereocenters. The number of aliphatic hydroxyl groups excluding tert-OH is 1. The van der Waals surface area contributed by atoms with Gasteiger partial charge in [-0.1, -0.05) is 62.2 Å². The standard InChI is InChI=1S/C28H43NO4/c1-23(13-7-5-8-14-24-15-9-6-10-16-24)26(30)20-18-25-19-21-27(31)29(25)22-12-4-3-11-17-28(32)33-2/h4,6,9-10,12,15-16,23,25-26,30H,3,5,7-8,11,13-14,17-22H2,1-2H3/b12-4+/t23-,25-,26+/m0/s1. The van der Waals surface area contributed by atoms with Crippen LogP contribution in [0.5, 0.6) is 0 Å². The van der Waals surface area contributed by atoms with E-state index in [0.29, 0.717) is 25.3 Å². The Labute approximate surface area is 200 Å². The summed E-state index contributed by atoms with van der Waals surface area (Å²) in [6, 6.07) is 10.8. The maximum Gasteiger partial charge on any atom is 0.305 e. The molecular weight excluding hydrogens is 414 g/mol. The van der Waals surface area contributed by atoms with Crippen molar-refractivity contribution in [3.8, 4) is 0 Å². The lowest BCUT2D eigenvalue weighted by molar-refractivity contribution is -0.140. The van der Waals surface area contributed by atoms with Gasteiger partial charge in [0.1, 0.15) is 0 Å². The maximum atomic E-state index is 12.3. The Morgan fingerprint density at radius 3 is 2.70 bits per heavy atom. The van der Waals surface area contributed by atoms with Gasteiger partial charge in [-0.3, -0.25) is 9.59 Å². The van der Waals surface area contributed by atoms with Crippen molar-refractivity contribution >= 4 is 11.9 Å². The summed E-state index contributed by atoms with van der Waals surface area (Å²) >= 11 is 0. The fourth-order valence-electron chi connectivity index (χ4n) is 4.57. The molecule has 0 saturated carbocycles. The van der Waals surface area contributed by atoms with Crippen LogP contribution in [-0.4, -0.2) is 47.7 Å². The Balaban J connectivity index is 1.60. The molecule has 0 bridgehead atoms. The van der Waals surface area contributed by atoms with Crippen LogP contribution in [0.15, 0.2) is 42.5 Å². The van der Waals surface area contributed by atoms with Crippen LogP contribution in [0.4, 0.5) is 0 Å². The van der Waals surface area contributed by atoms with Crippen LogP contribution in [0.2, 0.25) is 0 Å². The van der Waals surface area contributed by atoms with Crippen LogP contribution >= 0.6 is 0 Å². The molecule has 1 aromatic carbocycles. The summed E-state index contributed by atoms with van der Waals surface area (Å²) < 4.78 is 4.64. The number of nitrogens with zero attached hydrogens (tertiary/aromatic N) is 1. The van der Waals surface area contributed by atoms with E-state index < -0.39 is 0 Å². The summed E-state index contributed by atoms with van der Waals surface area (Å²) in [5, 5.41) is 10.6. The van der Waals surface area contributed by atoms with Crippen molar-refractivity contribution in [2.45, 2.75) is 96.1 Å². The van der Waals surface area contributed by atoms with Crippen LogP contribution in [0.1, 0.15) is 83.1 Å². The number of allylic oxidation sites excluding steroid dienone is 1. The van der Waals surface area contributed by atoms with E-state index in [2.05, 4.69) is 42.0 Å². The number of benzene rings is 1. The third-order valence-corrected chi connectivity index (χ3v) is 6.82. The molecule has 0 unspecified atom stereocenters. The van der Waals surface area contributed by atoms with Crippen LogP contribution < -0.4 is 0 Å². The van der Waals surface area contributed by atoms with Gasteiger partial charge in [-0.25, -0.2) is 0 Å². The number of carbonyl (C=O) groups excluding carboxylic acids is 2. The molecule has 33 heavy (non-hydrogen) atoms. The Morgan fingerprint density at radius 2 is 1.94 bits per heavy atom. The zero-order chi connectivity index (χ0) is 23.9. The monoisotopic (exact) mass is 457 g/mol. The van der Waals surface area contributed by atoms with Gasteiger partial charge in [0.25, 0.3) is 0 Å². The summed E-state index contributed by atoms with van der Waals surface area (Å²) in [7, 11) is 1.40. The highest BCUT2D eigenvalue weighted by Crippen LogP contribution is 2.25. The first-order valence-corrected chi connectivity index (χ1v) is 12.7. The number of carbonyl (C=O) groups is 2. The van der Waals surface area contributed by atoms with E-state index in [0.717, 1.165) is 51.4 Å².